The summed E-state index contributed by atoms with van der Waals surface area (Å²) < 4.78 is 0. The van der Waals surface area contributed by atoms with E-state index in [0.717, 1.165) is 6.42 Å². The molecule has 0 spiro atoms. The Morgan fingerprint density at radius 1 is 1.56 bits per heavy atom. The molecule has 102 valence electrons. The van der Waals surface area contributed by atoms with Crippen molar-refractivity contribution in [2.75, 3.05) is 19.6 Å². The second kappa shape index (κ2) is 6.95. The number of hydrogen-bond donors (Lipinski definition) is 4. The molecule has 0 saturated carbocycles. The average Bonchev–Trinajstić information content (AvgIpc) is 2.34. The van der Waals surface area contributed by atoms with Crippen LogP contribution < -0.4 is 16.0 Å². The van der Waals surface area contributed by atoms with Crippen molar-refractivity contribution in [3.63, 3.8) is 0 Å². The van der Waals surface area contributed by atoms with Gasteiger partial charge in [0.25, 0.3) is 0 Å². The first kappa shape index (κ1) is 14.4. The zero-order chi connectivity index (χ0) is 13.5. The van der Waals surface area contributed by atoms with Crippen LogP contribution in [0.15, 0.2) is 0 Å². The van der Waals surface area contributed by atoms with E-state index in [9.17, 15) is 14.4 Å². The number of aliphatic carboxylic acids is 1. The summed E-state index contributed by atoms with van der Waals surface area (Å²) in [6.07, 6.45) is 1.29. The molecule has 0 bridgehead atoms. The molecule has 2 amide bonds. The summed E-state index contributed by atoms with van der Waals surface area (Å²) in [6.45, 7) is 2.36. The van der Waals surface area contributed by atoms with Gasteiger partial charge >= 0.3 is 5.97 Å². The highest BCUT2D eigenvalue weighted by molar-refractivity contribution is 5.87. The molecule has 0 aromatic carbocycles. The minimum atomic E-state index is -0.901. The Hall–Kier alpha value is -1.63. The number of hydrogen-bond acceptors (Lipinski definition) is 4. The lowest BCUT2D eigenvalue weighted by atomic mass is 10.0. The van der Waals surface area contributed by atoms with Crippen LogP contribution in [0.1, 0.15) is 19.8 Å². The monoisotopic (exact) mass is 257 g/mol. The second-order valence-electron chi connectivity index (χ2n) is 4.31. The van der Waals surface area contributed by atoms with Crippen LogP contribution in [0.25, 0.3) is 0 Å². The van der Waals surface area contributed by atoms with Gasteiger partial charge in [-0.2, -0.15) is 0 Å². The van der Waals surface area contributed by atoms with Crippen molar-refractivity contribution >= 4 is 17.8 Å². The van der Waals surface area contributed by atoms with Crippen molar-refractivity contribution in [2.45, 2.75) is 25.8 Å². The Kier molecular flexibility index (Phi) is 5.57. The predicted molar refractivity (Wildman–Crippen MR) is 63.8 cm³/mol. The van der Waals surface area contributed by atoms with E-state index >= 15 is 0 Å². The molecule has 1 aliphatic heterocycles. The number of carboxylic acids is 1. The first-order valence-corrected chi connectivity index (χ1v) is 6.05. The third kappa shape index (κ3) is 4.33. The molecule has 7 heteroatoms. The Labute approximate surface area is 105 Å². The van der Waals surface area contributed by atoms with Crippen molar-refractivity contribution in [1.82, 2.24) is 16.0 Å². The zero-order valence-electron chi connectivity index (χ0n) is 10.4. The SMILES string of the molecule is CCCC(CNC(=O)C1CNC(=O)CN1)C(=O)O. The van der Waals surface area contributed by atoms with Crippen LogP contribution in [0.2, 0.25) is 0 Å². The summed E-state index contributed by atoms with van der Waals surface area (Å²) in [4.78, 5) is 33.5. The summed E-state index contributed by atoms with van der Waals surface area (Å²) in [7, 11) is 0. The summed E-state index contributed by atoms with van der Waals surface area (Å²) in [5.74, 6) is -1.88. The highest BCUT2D eigenvalue weighted by Gasteiger charge is 2.25. The first-order chi connectivity index (χ1) is 8.54. The zero-order valence-corrected chi connectivity index (χ0v) is 10.4. The molecule has 7 nitrogen and oxygen atoms in total. The molecule has 0 aromatic heterocycles. The topological polar surface area (TPSA) is 108 Å². The number of nitrogens with one attached hydrogen (secondary N) is 3. The smallest absolute Gasteiger partial charge is 0.308 e. The molecule has 1 aliphatic rings. The number of piperazine rings is 1. The normalized spacial score (nSPS) is 20.9. The Bertz CT molecular complexity index is 322. The molecule has 1 fully saturated rings. The molecule has 4 N–H and O–H groups in total. The van der Waals surface area contributed by atoms with Gasteiger partial charge in [0.15, 0.2) is 0 Å². The summed E-state index contributed by atoms with van der Waals surface area (Å²) in [5.41, 5.74) is 0. The lowest BCUT2D eigenvalue weighted by Crippen LogP contribution is -2.58. The van der Waals surface area contributed by atoms with Gasteiger partial charge in [-0.15, -0.1) is 0 Å². The molecular formula is C11H19N3O4. The molecule has 1 saturated heterocycles. The van der Waals surface area contributed by atoms with Crippen LogP contribution in [0.4, 0.5) is 0 Å². The van der Waals surface area contributed by atoms with Gasteiger partial charge in [0.1, 0.15) is 6.04 Å². The van der Waals surface area contributed by atoms with Crippen LogP contribution in [0.3, 0.4) is 0 Å². The number of carbonyl (C=O) groups excluding carboxylic acids is 2. The van der Waals surface area contributed by atoms with Gasteiger partial charge in [-0.3, -0.25) is 19.7 Å². The van der Waals surface area contributed by atoms with Crippen molar-refractivity contribution in [1.29, 1.82) is 0 Å². The molecule has 0 aliphatic carbocycles. The number of carboxylic acid groups (broad SMARTS) is 1. The van der Waals surface area contributed by atoms with Gasteiger partial charge < -0.3 is 15.7 Å². The molecule has 0 aromatic rings. The van der Waals surface area contributed by atoms with E-state index < -0.39 is 17.9 Å². The van der Waals surface area contributed by atoms with Crippen LogP contribution in [-0.2, 0) is 14.4 Å². The fraction of sp³-hybridized carbons (Fsp3) is 0.727. The van der Waals surface area contributed by atoms with Gasteiger partial charge in [-0.05, 0) is 6.42 Å². The van der Waals surface area contributed by atoms with Crippen LogP contribution in [-0.4, -0.2) is 48.6 Å². The maximum Gasteiger partial charge on any atom is 0.308 e. The van der Waals surface area contributed by atoms with Gasteiger partial charge in [0, 0.05) is 13.1 Å². The maximum absolute atomic E-state index is 11.7. The molecule has 2 unspecified atom stereocenters. The summed E-state index contributed by atoms with van der Waals surface area (Å²) in [5, 5.41) is 16.9. The standard InChI is InChI=1S/C11H19N3O4/c1-2-3-7(11(17)18)4-14-10(16)8-5-13-9(15)6-12-8/h7-8,12H,2-6H2,1H3,(H,13,15)(H,14,16)(H,17,18). The molecule has 0 radical (unpaired) electrons. The van der Waals surface area contributed by atoms with E-state index in [1.165, 1.54) is 0 Å². The Balaban J connectivity index is 2.35. The average molecular weight is 257 g/mol. The second-order valence-corrected chi connectivity index (χ2v) is 4.31. The molecular weight excluding hydrogens is 238 g/mol. The van der Waals surface area contributed by atoms with Crippen LogP contribution in [0.5, 0.6) is 0 Å². The maximum atomic E-state index is 11.7. The van der Waals surface area contributed by atoms with E-state index in [1.807, 2.05) is 6.92 Å². The fourth-order valence-corrected chi connectivity index (χ4v) is 1.76. The van der Waals surface area contributed by atoms with E-state index in [4.69, 9.17) is 5.11 Å². The van der Waals surface area contributed by atoms with Gasteiger partial charge in [0.05, 0.1) is 12.5 Å². The van der Waals surface area contributed by atoms with E-state index in [-0.39, 0.29) is 31.4 Å². The van der Waals surface area contributed by atoms with E-state index in [1.54, 1.807) is 0 Å². The fourth-order valence-electron chi connectivity index (χ4n) is 1.76. The van der Waals surface area contributed by atoms with E-state index in [0.29, 0.717) is 6.42 Å². The first-order valence-electron chi connectivity index (χ1n) is 6.05. The Morgan fingerprint density at radius 3 is 2.78 bits per heavy atom. The Morgan fingerprint density at radius 2 is 2.28 bits per heavy atom. The van der Waals surface area contributed by atoms with Crippen molar-refractivity contribution in [3.05, 3.63) is 0 Å². The van der Waals surface area contributed by atoms with Gasteiger partial charge in [0.2, 0.25) is 11.8 Å². The number of rotatable bonds is 6. The van der Waals surface area contributed by atoms with Crippen LogP contribution in [0, 0.1) is 5.92 Å². The third-order valence-corrected chi connectivity index (χ3v) is 2.84. The van der Waals surface area contributed by atoms with Crippen molar-refractivity contribution in [2.24, 2.45) is 5.92 Å². The lowest BCUT2D eigenvalue weighted by molar-refractivity contribution is -0.142. The van der Waals surface area contributed by atoms with Gasteiger partial charge in [-0.1, -0.05) is 13.3 Å². The van der Waals surface area contributed by atoms with E-state index in [2.05, 4.69) is 16.0 Å². The summed E-state index contributed by atoms with van der Waals surface area (Å²) in [6, 6.07) is -0.487. The lowest BCUT2D eigenvalue weighted by Gasteiger charge is -2.23. The third-order valence-electron chi connectivity index (χ3n) is 2.84. The largest absolute Gasteiger partial charge is 0.481 e. The van der Waals surface area contributed by atoms with Crippen LogP contribution >= 0.6 is 0 Å². The van der Waals surface area contributed by atoms with Crippen molar-refractivity contribution < 1.29 is 19.5 Å². The quantitative estimate of drug-likeness (QED) is 0.472. The highest BCUT2D eigenvalue weighted by atomic mass is 16.4. The molecule has 18 heavy (non-hydrogen) atoms. The minimum absolute atomic E-state index is 0.107. The molecule has 1 heterocycles. The van der Waals surface area contributed by atoms with Gasteiger partial charge in [-0.25, -0.2) is 0 Å². The molecule has 1 rings (SSSR count). The molecule has 2 atom stereocenters. The highest BCUT2D eigenvalue weighted by Crippen LogP contribution is 2.05. The minimum Gasteiger partial charge on any atom is -0.481 e. The number of carbonyl (C=O) groups is 3. The predicted octanol–water partition coefficient (Wildman–Crippen LogP) is -1.31. The summed E-state index contributed by atoms with van der Waals surface area (Å²) >= 11 is 0. The van der Waals surface area contributed by atoms with Crippen molar-refractivity contribution in [3.8, 4) is 0 Å². The number of amides is 2.